The molecular formula is C7H19NO4S. The molecule has 6 heteroatoms. The fourth-order valence-corrected chi connectivity index (χ4v) is 0.651. The Morgan fingerprint density at radius 2 is 1.54 bits per heavy atom. The van der Waals surface area contributed by atoms with Crippen molar-refractivity contribution in [2.24, 2.45) is 0 Å². The lowest BCUT2D eigenvalue weighted by Crippen LogP contribution is -2.11. The second-order valence-corrected chi connectivity index (χ2v) is 4.03. The van der Waals surface area contributed by atoms with Gasteiger partial charge < -0.3 is 4.90 Å². The fourth-order valence-electron chi connectivity index (χ4n) is 0.515. The first-order valence-corrected chi connectivity index (χ1v) is 5.23. The standard InChI is InChI=1S/C5H13N.C2H6O4S/c1-4-5-6(2)3;1-5-7(3,4)6-2/h4-5H2,1-3H3;1-2H3. The van der Waals surface area contributed by atoms with E-state index < -0.39 is 10.4 Å². The molecule has 0 spiro atoms. The van der Waals surface area contributed by atoms with Crippen molar-refractivity contribution in [2.75, 3.05) is 34.9 Å². The second-order valence-electron chi connectivity index (χ2n) is 2.54. The third kappa shape index (κ3) is 14.7. The molecule has 0 amide bonds. The lowest BCUT2D eigenvalue weighted by atomic mass is 10.5. The van der Waals surface area contributed by atoms with Crippen molar-refractivity contribution in [1.82, 2.24) is 4.90 Å². The molecule has 0 heterocycles. The summed E-state index contributed by atoms with van der Waals surface area (Å²) in [4.78, 5) is 2.18. The van der Waals surface area contributed by atoms with Crippen LogP contribution in [-0.4, -0.2) is 48.2 Å². The maximum absolute atomic E-state index is 9.92. The number of rotatable bonds is 4. The largest absolute Gasteiger partial charge is 0.399 e. The van der Waals surface area contributed by atoms with Gasteiger partial charge in [0.1, 0.15) is 0 Å². The minimum absolute atomic E-state index is 1.03. The zero-order valence-corrected chi connectivity index (χ0v) is 9.72. The van der Waals surface area contributed by atoms with Gasteiger partial charge in [-0.05, 0) is 27.1 Å². The molecule has 0 fully saturated rings. The van der Waals surface area contributed by atoms with Crippen LogP contribution >= 0.6 is 0 Å². The van der Waals surface area contributed by atoms with E-state index in [1.54, 1.807) is 0 Å². The monoisotopic (exact) mass is 213 g/mol. The van der Waals surface area contributed by atoms with E-state index in [1.807, 2.05) is 0 Å². The molecule has 0 atom stereocenters. The van der Waals surface area contributed by atoms with Crippen molar-refractivity contribution < 1.29 is 16.8 Å². The van der Waals surface area contributed by atoms with Crippen LogP contribution in [0.1, 0.15) is 13.3 Å². The summed E-state index contributed by atoms with van der Waals surface area (Å²) < 4.78 is 27.5. The lowest BCUT2D eigenvalue weighted by Gasteiger charge is -2.03. The Balaban J connectivity index is 0. The highest BCUT2D eigenvalue weighted by Gasteiger charge is 2.01. The smallest absolute Gasteiger partial charge is 0.309 e. The van der Waals surface area contributed by atoms with Gasteiger partial charge in [-0.25, -0.2) is 0 Å². The highest BCUT2D eigenvalue weighted by Crippen LogP contribution is 1.85. The van der Waals surface area contributed by atoms with Gasteiger partial charge in [0.25, 0.3) is 0 Å². The molecule has 0 aliphatic heterocycles. The topological polar surface area (TPSA) is 55.8 Å². The molecule has 13 heavy (non-hydrogen) atoms. The molecule has 0 aromatic rings. The van der Waals surface area contributed by atoms with Crippen molar-refractivity contribution in [3.63, 3.8) is 0 Å². The van der Waals surface area contributed by atoms with Crippen LogP contribution in [0.15, 0.2) is 0 Å². The quantitative estimate of drug-likeness (QED) is 0.680. The van der Waals surface area contributed by atoms with Crippen molar-refractivity contribution in [3.8, 4) is 0 Å². The Kier molecular flexibility index (Phi) is 9.93. The molecule has 82 valence electrons. The molecule has 0 aliphatic rings. The maximum Gasteiger partial charge on any atom is 0.399 e. The fraction of sp³-hybridized carbons (Fsp3) is 1.00. The van der Waals surface area contributed by atoms with Gasteiger partial charge in [0, 0.05) is 0 Å². The van der Waals surface area contributed by atoms with Crippen LogP contribution in [0, 0.1) is 0 Å². The minimum atomic E-state index is -3.66. The van der Waals surface area contributed by atoms with E-state index in [9.17, 15) is 8.42 Å². The molecular weight excluding hydrogens is 194 g/mol. The van der Waals surface area contributed by atoms with Crippen molar-refractivity contribution in [3.05, 3.63) is 0 Å². The Morgan fingerprint density at radius 1 is 1.15 bits per heavy atom. The number of nitrogens with zero attached hydrogens (tertiary/aromatic N) is 1. The second kappa shape index (κ2) is 8.43. The lowest BCUT2D eigenvalue weighted by molar-refractivity contribution is 0.286. The maximum atomic E-state index is 9.92. The highest BCUT2D eigenvalue weighted by molar-refractivity contribution is 7.81. The first-order valence-electron chi connectivity index (χ1n) is 3.90. The molecule has 0 rings (SSSR count). The predicted octanol–water partition coefficient (Wildman–Crippen LogP) is 0.482. The zero-order chi connectivity index (χ0) is 10.9. The summed E-state index contributed by atoms with van der Waals surface area (Å²) in [7, 11) is 2.57. The van der Waals surface area contributed by atoms with Gasteiger partial charge >= 0.3 is 10.4 Å². The summed E-state index contributed by atoms with van der Waals surface area (Å²) in [6.07, 6.45) is 1.26. The van der Waals surface area contributed by atoms with Crippen LogP contribution in [0.4, 0.5) is 0 Å². The van der Waals surface area contributed by atoms with Crippen LogP contribution < -0.4 is 0 Å². The zero-order valence-electron chi connectivity index (χ0n) is 8.90. The summed E-state index contributed by atoms with van der Waals surface area (Å²) in [6.45, 7) is 3.39. The molecule has 0 saturated carbocycles. The Labute approximate surface area is 81.0 Å². The SMILES string of the molecule is CCCN(C)C.COS(=O)(=O)OC. The molecule has 0 N–H and O–H groups in total. The van der Waals surface area contributed by atoms with E-state index in [4.69, 9.17) is 0 Å². The summed E-state index contributed by atoms with van der Waals surface area (Å²) >= 11 is 0. The van der Waals surface area contributed by atoms with Crippen molar-refractivity contribution in [1.29, 1.82) is 0 Å². The van der Waals surface area contributed by atoms with Crippen molar-refractivity contribution in [2.45, 2.75) is 13.3 Å². The van der Waals surface area contributed by atoms with Crippen LogP contribution in [0.2, 0.25) is 0 Å². The van der Waals surface area contributed by atoms with Gasteiger partial charge in [0.05, 0.1) is 14.2 Å². The third-order valence-electron chi connectivity index (χ3n) is 1.08. The Bertz CT molecular complexity index is 179. The summed E-state index contributed by atoms with van der Waals surface area (Å²) in [5, 5.41) is 0. The van der Waals surface area contributed by atoms with Gasteiger partial charge in [0.15, 0.2) is 0 Å². The van der Waals surface area contributed by atoms with Crippen LogP contribution in [0.3, 0.4) is 0 Å². The van der Waals surface area contributed by atoms with E-state index in [-0.39, 0.29) is 0 Å². The minimum Gasteiger partial charge on any atom is -0.309 e. The van der Waals surface area contributed by atoms with E-state index in [2.05, 4.69) is 34.3 Å². The summed E-state index contributed by atoms with van der Waals surface area (Å²) in [6, 6.07) is 0. The van der Waals surface area contributed by atoms with Crippen LogP contribution in [0.5, 0.6) is 0 Å². The molecule has 0 saturated heterocycles. The molecule has 0 aromatic carbocycles. The van der Waals surface area contributed by atoms with Crippen LogP contribution in [-0.2, 0) is 18.8 Å². The van der Waals surface area contributed by atoms with E-state index in [1.165, 1.54) is 13.0 Å². The predicted molar refractivity (Wildman–Crippen MR) is 51.8 cm³/mol. The van der Waals surface area contributed by atoms with Crippen LogP contribution in [0.25, 0.3) is 0 Å². The molecule has 5 nitrogen and oxygen atoms in total. The third-order valence-corrected chi connectivity index (χ3v) is 1.90. The van der Waals surface area contributed by atoms with E-state index in [0.717, 1.165) is 14.2 Å². The summed E-state index contributed by atoms with van der Waals surface area (Å²) in [5.41, 5.74) is 0. The Hall–Kier alpha value is -0.170. The van der Waals surface area contributed by atoms with Crippen molar-refractivity contribution >= 4 is 10.4 Å². The molecule has 0 aliphatic carbocycles. The van der Waals surface area contributed by atoms with Gasteiger partial charge in [0.2, 0.25) is 0 Å². The number of hydrogen-bond acceptors (Lipinski definition) is 5. The van der Waals surface area contributed by atoms with Gasteiger partial charge in [-0.1, -0.05) is 6.92 Å². The average molecular weight is 213 g/mol. The van der Waals surface area contributed by atoms with E-state index >= 15 is 0 Å². The first-order chi connectivity index (χ1) is 5.89. The highest BCUT2D eigenvalue weighted by atomic mass is 32.3. The molecule has 0 aromatic heterocycles. The Morgan fingerprint density at radius 3 is 1.54 bits per heavy atom. The average Bonchev–Trinajstić information content (AvgIpc) is 2.05. The van der Waals surface area contributed by atoms with Gasteiger partial charge in [-0.15, -0.1) is 0 Å². The normalized spacial score (nSPS) is 10.9. The van der Waals surface area contributed by atoms with Gasteiger partial charge in [-0.3, -0.25) is 8.37 Å². The first kappa shape index (κ1) is 15.3. The number of hydrogen-bond donors (Lipinski definition) is 0. The molecule has 0 unspecified atom stereocenters. The summed E-state index contributed by atoms with van der Waals surface area (Å²) in [5.74, 6) is 0. The molecule has 0 bridgehead atoms. The molecule has 0 radical (unpaired) electrons. The van der Waals surface area contributed by atoms with E-state index in [0.29, 0.717) is 0 Å². The van der Waals surface area contributed by atoms with Gasteiger partial charge in [-0.2, -0.15) is 8.42 Å².